The molecule has 6 nitrogen and oxygen atoms in total. The summed E-state index contributed by atoms with van der Waals surface area (Å²) < 4.78 is 1.89. The van der Waals surface area contributed by atoms with Crippen molar-refractivity contribution in [3.8, 4) is 0 Å². The molecule has 1 aromatic heterocycles. The summed E-state index contributed by atoms with van der Waals surface area (Å²) in [5.74, 6) is -0.0344. The van der Waals surface area contributed by atoms with E-state index in [9.17, 15) is 9.59 Å². The van der Waals surface area contributed by atoms with Gasteiger partial charge in [-0.05, 0) is 36.4 Å². The van der Waals surface area contributed by atoms with E-state index in [1.165, 1.54) is 0 Å². The van der Waals surface area contributed by atoms with E-state index in [1.807, 2.05) is 48.9 Å². The number of nitrogens with two attached hydrogens (primary N) is 1. The second-order valence-corrected chi connectivity index (χ2v) is 6.65. The molecule has 0 aliphatic carbocycles. The average molecular weight is 344 g/mol. The Labute approximate surface area is 149 Å². The van der Waals surface area contributed by atoms with Gasteiger partial charge in [0, 0.05) is 32.5 Å². The number of hydrogen-bond acceptors (Lipinski definition) is 3. The number of likely N-dealkylation sites (N-methyl/N-ethyl adjacent to an activating group) is 1. The van der Waals surface area contributed by atoms with E-state index < -0.39 is 5.41 Å². The van der Waals surface area contributed by atoms with E-state index in [2.05, 4.69) is 5.32 Å². The normalized spacial score (nSPS) is 11.6. The molecule has 136 valence electrons. The monoisotopic (exact) mass is 344 g/mol. The van der Waals surface area contributed by atoms with Gasteiger partial charge in [-0.15, -0.1) is 0 Å². The predicted molar refractivity (Wildman–Crippen MR) is 101 cm³/mol. The minimum absolute atomic E-state index is 0.0195. The van der Waals surface area contributed by atoms with Crippen LogP contribution in [0.3, 0.4) is 0 Å². The number of carbonyl (C=O) groups is 2. The van der Waals surface area contributed by atoms with E-state index >= 15 is 0 Å². The Hall–Kier alpha value is -2.34. The molecule has 0 aliphatic heterocycles. The summed E-state index contributed by atoms with van der Waals surface area (Å²) in [6, 6.07) is 7.70. The van der Waals surface area contributed by atoms with Gasteiger partial charge in [0.15, 0.2) is 0 Å². The quantitative estimate of drug-likeness (QED) is 0.809. The van der Waals surface area contributed by atoms with E-state index in [0.29, 0.717) is 19.4 Å². The van der Waals surface area contributed by atoms with Gasteiger partial charge < -0.3 is 20.5 Å². The molecule has 25 heavy (non-hydrogen) atoms. The first kappa shape index (κ1) is 19.0. The molecule has 1 heterocycles. The van der Waals surface area contributed by atoms with Crippen molar-refractivity contribution < 1.29 is 9.59 Å². The van der Waals surface area contributed by atoms with Gasteiger partial charge in [0.05, 0.1) is 10.9 Å². The van der Waals surface area contributed by atoms with Crippen molar-refractivity contribution >= 4 is 28.4 Å². The third kappa shape index (κ3) is 3.85. The number of nitrogens with zero attached hydrogens (tertiary/aromatic N) is 2. The topological polar surface area (TPSA) is 80.4 Å². The van der Waals surface area contributed by atoms with Gasteiger partial charge in [0.25, 0.3) is 0 Å². The maximum absolute atomic E-state index is 12.7. The Morgan fingerprint density at radius 1 is 1.20 bits per heavy atom. The summed E-state index contributed by atoms with van der Waals surface area (Å²) in [6.45, 7) is 4.56. The lowest BCUT2D eigenvalue weighted by Crippen LogP contribution is -2.41. The minimum Gasteiger partial charge on any atom is -0.347 e. The number of anilines is 1. The number of fused-ring (bicyclic) bond motifs is 1. The third-order valence-electron chi connectivity index (χ3n) is 5.06. The Morgan fingerprint density at radius 2 is 1.88 bits per heavy atom. The van der Waals surface area contributed by atoms with Crippen LogP contribution in [-0.4, -0.2) is 41.9 Å². The van der Waals surface area contributed by atoms with Crippen LogP contribution in [0.15, 0.2) is 30.5 Å². The standard InChI is InChI=1S/C19H28N4O2/c1-5-19(6-2,13-20)18(25)21-15-8-7-14-9-10-23(16(14)11-15)12-17(24)22(3)4/h7-11H,5-6,12-13,20H2,1-4H3,(H,21,25). The third-order valence-corrected chi connectivity index (χ3v) is 5.06. The second-order valence-electron chi connectivity index (χ2n) is 6.65. The van der Waals surface area contributed by atoms with Crippen LogP contribution in [-0.2, 0) is 16.1 Å². The zero-order chi connectivity index (χ0) is 18.6. The van der Waals surface area contributed by atoms with Gasteiger partial charge >= 0.3 is 0 Å². The molecule has 2 rings (SSSR count). The zero-order valence-electron chi connectivity index (χ0n) is 15.5. The van der Waals surface area contributed by atoms with Crippen LogP contribution in [0.25, 0.3) is 10.9 Å². The number of nitrogens with one attached hydrogen (secondary N) is 1. The number of hydrogen-bond donors (Lipinski definition) is 2. The summed E-state index contributed by atoms with van der Waals surface area (Å²) in [7, 11) is 3.48. The van der Waals surface area contributed by atoms with Crippen LogP contribution in [0.4, 0.5) is 5.69 Å². The fourth-order valence-electron chi connectivity index (χ4n) is 2.90. The maximum Gasteiger partial charge on any atom is 0.241 e. The summed E-state index contributed by atoms with van der Waals surface area (Å²) in [5, 5.41) is 4.02. The van der Waals surface area contributed by atoms with Crippen molar-refractivity contribution in [1.29, 1.82) is 0 Å². The minimum atomic E-state index is -0.544. The molecule has 0 aliphatic rings. The van der Waals surface area contributed by atoms with Crippen molar-refractivity contribution in [3.05, 3.63) is 30.5 Å². The van der Waals surface area contributed by atoms with Crippen LogP contribution >= 0.6 is 0 Å². The molecule has 0 bridgehead atoms. The number of carbonyl (C=O) groups excluding carboxylic acids is 2. The van der Waals surface area contributed by atoms with Gasteiger partial charge in [0.1, 0.15) is 6.54 Å². The van der Waals surface area contributed by atoms with Crippen LogP contribution in [0.1, 0.15) is 26.7 Å². The molecule has 0 saturated carbocycles. The zero-order valence-corrected chi connectivity index (χ0v) is 15.5. The molecule has 0 radical (unpaired) electrons. The average Bonchev–Trinajstić information content (AvgIpc) is 2.99. The molecule has 6 heteroatoms. The molecule has 3 N–H and O–H groups in total. The molecular formula is C19H28N4O2. The summed E-state index contributed by atoms with van der Waals surface area (Å²) >= 11 is 0. The van der Waals surface area contributed by atoms with E-state index in [1.54, 1.807) is 19.0 Å². The fourth-order valence-corrected chi connectivity index (χ4v) is 2.90. The highest BCUT2D eigenvalue weighted by Crippen LogP contribution is 2.28. The van der Waals surface area contributed by atoms with Crippen molar-refractivity contribution in [2.75, 3.05) is 26.0 Å². The maximum atomic E-state index is 12.7. The Bertz CT molecular complexity index is 752. The van der Waals surface area contributed by atoms with E-state index in [4.69, 9.17) is 5.73 Å². The van der Waals surface area contributed by atoms with Gasteiger partial charge in [-0.2, -0.15) is 0 Å². The molecular weight excluding hydrogens is 316 g/mol. The Kier molecular flexibility index (Phi) is 5.85. The molecule has 0 spiro atoms. The molecule has 0 atom stereocenters. The molecule has 2 aromatic rings. The second kappa shape index (κ2) is 7.70. The van der Waals surface area contributed by atoms with E-state index in [-0.39, 0.29) is 18.4 Å². The van der Waals surface area contributed by atoms with Crippen molar-refractivity contribution in [1.82, 2.24) is 9.47 Å². The van der Waals surface area contributed by atoms with Gasteiger partial charge in [-0.1, -0.05) is 19.9 Å². The van der Waals surface area contributed by atoms with Crippen molar-refractivity contribution in [2.45, 2.75) is 33.2 Å². The van der Waals surface area contributed by atoms with Crippen LogP contribution in [0.2, 0.25) is 0 Å². The predicted octanol–water partition coefficient (Wildman–Crippen LogP) is 2.43. The summed E-state index contributed by atoms with van der Waals surface area (Å²) in [5.41, 5.74) is 6.95. The lowest BCUT2D eigenvalue weighted by atomic mass is 9.81. The van der Waals surface area contributed by atoms with Crippen molar-refractivity contribution in [3.63, 3.8) is 0 Å². The largest absolute Gasteiger partial charge is 0.347 e. The van der Waals surface area contributed by atoms with E-state index in [0.717, 1.165) is 16.6 Å². The summed E-state index contributed by atoms with van der Waals surface area (Å²) in [6.07, 6.45) is 3.28. The highest BCUT2D eigenvalue weighted by atomic mass is 16.2. The number of aromatic nitrogens is 1. The van der Waals surface area contributed by atoms with Gasteiger partial charge in [0.2, 0.25) is 11.8 Å². The lowest BCUT2D eigenvalue weighted by Gasteiger charge is -2.28. The van der Waals surface area contributed by atoms with Crippen LogP contribution in [0.5, 0.6) is 0 Å². The Balaban J connectivity index is 2.28. The first-order valence-corrected chi connectivity index (χ1v) is 8.67. The first-order valence-electron chi connectivity index (χ1n) is 8.67. The van der Waals surface area contributed by atoms with Gasteiger partial charge in [-0.3, -0.25) is 9.59 Å². The Morgan fingerprint density at radius 3 is 2.44 bits per heavy atom. The molecule has 0 fully saturated rings. The first-order chi connectivity index (χ1) is 11.9. The molecule has 1 aromatic carbocycles. The smallest absolute Gasteiger partial charge is 0.241 e. The van der Waals surface area contributed by atoms with Crippen LogP contribution in [0, 0.1) is 5.41 Å². The number of amides is 2. The highest BCUT2D eigenvalue weighted by molar-refractivity contribution is 5.97. The lowest BCUT2D eigenvalue weighted by molar-refractivity contribution is -0.129. The van der Waals surface area contributed by atoms with Crippen molar-refractivity contribution in [2.24, 2.45) is 11.1 Å². The SMILES string of the molecule is CCC(CC)(CN)C(=O)Nc1ccc2ccn(CC(=O)N(C)C)c2c1. The highest BCUT2D eigenvalue weighted by Gasteiger charge is 2.33. The molecule has 2 amide bonds. The molecule has 0 unspecified atom stereocenters. The molecule has 0 saturated heterocycles. The summed E-state index contributed by atoms with van der Waals surface area (Å²) in [4.78, 5) is 26.2. The van der Waals surface area contributed by atoms with Gasteiger partial charge in [-0.25, -0.2) is 0 Å². The number of benzene rings is 1. The van der Waals surface area contributed by atoms with Crippen LogP contribution < -0.4 is 11.1 Å². The fraction of sp³-hybridized carbons (Fsp3) is 0.474. The number of rotatable bonds is 7.